The second kappa shape index (κ2) is 6.29. The Morgan fingerprint density at radius 2 is 1.81 bits per heavy atom. The fourth-order valence-electron chi connectivity index (χ4n) is 3.03. The van der Waals surface area contributed by atoms with E-state index < -0.39 is 11.4 Å². The van der Waals surface area contributed by atoms with Gasteiger partial charge in [0.2, 0.25) is 5.91 Å². The second-order valence-electron chi connectivity index (χ2n) is 6.17. The van der Waals surface area contributed by atoms with Gasteiger partial charge in [-0.2, -0.15) is 0 Å². The molecule has 1 aromatic carbocycles. The molecule has 2 rings (SSSR count). The molecule has 1 aliphatic rings. The van der Waals surface area contributed by atoms with E-state index in [0.29, 0.717) is 12.8 Å². The predicted octanol–water partition coefficient (Wildman–Crippen LogP) is 3.67. The first-order valence-corrected chi connectivity index (χ1v) is 7.53. The van der Waals surface area contributed by atoms with Crippen molar-refractivity contribution in [3.63, 3.8) is 0 Å². The molecule has 4 nitrogen and oxygen atoms in total. The van der Waals surface area contributed by atoms with Crippen molar-refractivity contribution in [2.75, 3.05) is 5.32 Å². The molecular weight excluding hydrogens is 266 g/mol. The number of hydrogen-bond donors (Lipinski definition) is 2. The van der Waals surface area contributed by atoms with Crippen LogP contribution in [-0.4, -0.2) is 17.0 Å². The van der Waals surface area contributed by atoms with Crippen molar-refractivity contribution in [2.24, 2.45) is 5.41 Å². The average Bonchev–Trinajstić information content (AvgIpc) is 2.43. The van der Waals surface area contributed by atoms with Crippen LogP contribution in [0.25, 0.3) is 0 Å². The average molecular weight is 289 g/mol. The molecule has 1 fully saturated rings. The standard InChI is InChI=1S/C17H23NO3/c1-12-6-7-14(10-13(12)2)18-15(19)11-17(16(20)21)8-4-3-5-9-17/h6-7,10H,3-5,8-9,11H2,1-2H3,(H,18,19)(H,20,21). The van der Waals surface area contributed by atoms with Gasteiger partial charge in [-0.15, -0.1) is 0 Å². The largest absolute Gasteiger partial charge is 0.481 e. The van der Waals surface area contributed by atoms with Gasteiger partial charge in [-0.25, -0.2) is 0 Å². The molecule has 1 aromatic rings. The molecule has 1 aliphatic carbocycles. The Hall–Kier alpha value is -1.84. The number of hydrogen-bond acceptors (Lipinski definition) is 2. The van der Waals surface area contributed by atoms with Crippen molar-refractivity contribution < 1.29 is 14.7 Å². The number of nitrogens with one attached hydrogen (secondary N) is 1. The lowest BCUT2D eigenvalue weighted by Crippen LogP contribution is -2.37. The van der Waals surface area contributed by atoms with Crippen LogP contribution in [-0.2, 0) is 9.59 Å². The molecule has 0 bridgehead atoms. The van der Waals surface area contributed by atoms with Crippen LogP contribution < -0.4 is 5.32 Å². The van der Waals surface area contributed by atoms with Crippen LogP contribution in [0.3, 0.4) is 0 Å². The number of aliphatic carboxylic acids is 1. The number of amides is 1. The van der Waals surface area contributed by atoms with Gasteiger partial charge >= 0.3 is 5.97 Å². The smallest absolute Gasteiger partial charge is 0.310 e. The normalized spacial score (nSPS) is 17.2. The molecule has 0 spiro atoms. The van der Waals surface area contributed by atoms with Gasteiger partial charge in [0.25, 0.3) is 0 Å². The minimum atomic E-state index is -0.873. The molecule has 114 valence electrons. The zero-order chi connectivity index (χ0) is 15.5. The molecule has 0 saturated heterocycles. The molecule has 21 heavy (non-hydrogen) atoms. The van der Waals surface area contributed by atoms with E-state index in [0.717, 1.165) is 30.5 Å². The van der Waals surface area contributed by atoms with E-state index >= 15 is 0 Å². The highest BCUT2D eigenvalue weighted by atomic mass is 16.4. The zero-order valence-electron chi connectivity index (χ0n) is 12.7. The number of carbonyl (C=O) groups is 2. The zero-order valence-corrected chi connectivity index (χ0v) is 12.7. The van der Waals surface area contributed by atoms with Crippen LogP contribution in [0.1, 0.15) is 49.7 Å². The highest BCUT2D eigenvalue weighted by Gasteiger charge is 2.41. The van der Waals surface area contributed by atoms with Gasteiger partial charge in [0.1, 0.15) is 0 Å². The van der Waals surface area contributed by atoms with Crippen LogP contribution in [0.5, 0.6) is 0 Å². The van der Waals surface area contributed by atoms with E-state index in [9.17, 15) is 14.7 Å². The van der Waals surface area contributed by atoms with Gasteiger partial charge in [0, 0.05) is 12.1 Å². The fraction of sp³-hybridized carbons (Fsp3) is 0.529. The third kappa shape index (κ3) is 3.63. The maximum Gasteiger partial charge on any atom is 0.310 e. The topological polar surface area (TPSA) is 66.4 Å². The molecule has 2 N–H and O–H groups in total. The molecule has 4 heteroatoms. The highest BCUT2D eigenvalue weighted by Crippen LogP contribution is 2.39. The van der Waals surface area contributed by atoms with Crippen molar-refractivity contribution in [1.82, 2.24) is 0 Å². The van der Waals surface area contributed by atoms with Crippen molar-refractivity contribution in [1.29, 1.82) is 0 Å². The molecular formula is C17H23NO3. The Bertz CT molecular complexity index is 545. The highest BCUT2D eigenvalue weighted by molar-refractivity contribution is 5.94. The van der Waals surface area contributed by atoms with E-state index in [-0.39, 0.29) is 12.3 Å². The summed E-state index contributed by atoms with van der Waals surface area (Å²) in [6.07, 6.45) is 4.11. The Labute approximate surface area is 125 Å². The summed E-state index contributed by atoms with van der Waals surface area (Å²) in [6, 6.07) is 5.73. The van der Waals surface area contributed by atoms with Crippen molar-refractivity contribution in [3.8, 4) is 0 Å². The van der Waals surface area contributed by atoms with Gasteiger partial charge in [-0.05, 0) is 49.9 Å². The summed E-state index contributed by atoms with van der Waals surface area (Å²) in [5.41, 5.74) is 2.14. The summed E-state index contributed by atoms with van der Waals surface area (Å²) < 4.78 is 0. The lowest BCUT2D eigenvalue weighted by atomic mass is 9.71. The third-order valence-corrected chi connectivity index (χ3v) is 4.55. The number of carbonyl (C=O) groups excluding carboxylic acids is 1. The number of aryl methyl sites for hydroxylation is 2. The summed E-state index contributed by atoms with van der Waals surface area (Å²) in [6.45, 7) is 4.01. The summed E-state index contributed by atoms with van der Waals surface area (Å²) in [4.78, 5) is 23.8. The Morgan fingerprint density at radius 3 is 2.38 bits per heavy atom. The summed E-state index contributed by atoms with van der Waals surface area (Å²) in [5, 5.41) is 12.3. The Balaban J connectivity index is 2.05. The van der Waals surface area contributed by atoms with E-state index in [4.69, 9.17) is 0 Å². The quantitative estimate of drug-likeness (QED) is 0.888. The van der Waals surface area contributed by atoms with Crippen LogP contribution in [0, 0.1) is 19.3 Å². The minimum Gasteiger partial charge on any atom is -0.481 e. The lowest BCUT2D eigenvalue weighted by Gasteiger charge is -2.32. The van der Waals surface area contributed by atoms with Crippen molar-refractivity contribution in [3.05, 3.63) is 29.3 Å². The third-order valence-electron chi connectivity index (χ3n) is 4.55. The Morgan fingerprint density at radius 1 is 1.14 bits per heavy atom. The molecule has 0 atom stereocenters. The monoisotopic (exact) mass is 289 g/mol. The van der Waals surface area contributed by atoms with Gasteiger partial charge in [0.05, 0.1) is 5.41 Å². The first-order valence-electron chi connectivity index (χ1n) is 7.53. The van der Waals surface area contributed by atoms with E-state index in [2.05, 4.69) is 5.32 Å². The molecule has 1 saturated carbocycles. The first-order chi connectivity index (χ1) is 9.93. The van der Waals surface area contributed by atoms with Crippen LogP contribution in [0.15, 0.2) is 18.2 Å². The number of carboxylic acid groups (broad SMARTS) is 1. The fourth-order valence-corrected chi connectivity index (χ4v) is 3.03. The van der Waals surface area contributed by atoms with Crippen molar-refractivity contribution >= 4 is 17.6 Å². The SMILES string of the molecule is Cc1ccc(NC(=O)CC2(C(=O)O)CCCCC2)cc1C. The first kappa shape index (κ1) is 15.5. The maximum atomic E-state index is 12.2. The molecule has 0 aliphatic heterocycles. The van der Waals surface area contributed by atoms with Gasteiger partial charge in [-0.1, -0.05) is 25.3 Å². The number of carboxylic acids is 1. The number of benzene rings is 1. The molecule has 0 radical (unpaired) electrons. The predicted molar refractivity (Wildman–Crippen MR) is 82.3 cm³/mol. The van der Waals surface area contributed by atoms with Gasteiger partial charge < -0.3 is 10.4 Å². The van der Waals surface area contributed by atoms with Gasteiger partial charge in [0.15, 0.2) is 0 Å². The Kier molecular flexibility index (Phi) is 4.66. The summed E-state index contributed by atoms with van der Waals surface area (Å²) in [5.74, 6) is -1.04. The van der Waals surface area contributed by atoms with Gasteiger partial charge in [-0.3, -0.25) is 9.59 Å². The van der Waals surface area contributed by atoms with Crippen LogP contribution >= 0.6 is 0 Å². The number of anilines is 1. The molecule has 0 heterocycles. The number of rotatable bonds is 4. The second-order valence-corrected chi connectivity index (χ2v) is 6.17. The van der Waals surface area contributed by atoms with E-state index in [1.807, 2.05) is 32.0 Å². The molecule has 1 amide bonds. The van der Waals surface area contributed by atoms with Crippen molar-refractivity contribution in [2.45, 2.75) is 52.4 Å². The molecule has 0 unspecified atom stereocenters. The van der Waals surface area contributed by atoms with E-state index in [1.165, 1.54) is 5.56 Å². The van der Waals surface area contributed by atoms with Crippen LogP contribution in [0.4, 0.5) is 5.69 Å². The van der Waals surface area contributed by atoms with Crippen LogP contribution in [0.2, 0.25) is 0 Å². The summed E-state index contributed by atoms with van der Waals surface area (Å²) >= 11 is 0. The maximum absolute atomic E-state index is 12.2. The summed E-state index contributed by atoms with van der Waals surface area (Å²) in [7, 11) is 0. The van der Waals surface area contributed by atoms with E-state index in [1.54, 1.807) is 0 Å². The lowest BCUT2D eigenvalue weighted by molar-refractivity contribution is -0.153. The molecule has 0 aromatic heterocycles. The minimum absolute atomic E-state index is 0.0647.